The first-order valence-corrected chi connectivity index (χ1v) is 5.49. The SMILES string of the molecule is CN(C)Cc1cnc(CC(C)(C)O)s1. The molecule has 1 N–H and O–H groups in total. The van der Waals surface area contributed by atoms with E-state index in [1.807, 2.05) is 20.3 Å². The van der Waals surface area contributed by atoms with Crippen LogP contribution in [0.3, 0.4) is 0 Å². The van der Waals surface area contributed by atoms with Gasteiger partial charge in [-0.3, -0.25) is 0 Å². The van der Waals surface area contributed by atoms with Crippen LogP contribution in [0, 0.1) is 0 Å². The van der Waals surface area contributed by atoms with Gasteiger partial charge in [-0.15, -0.1) is 11.3 Å². The number of hydrogen-bond donors (Lipinski definition) is 1. The molecule has 80 valence electrons. The third-order valence-corrected chi connectivity index (χ3v) is 2.64. The maximum Gasteiger partial charge on any atom is 0.0956 e. The Morgan fingerprint density at radius 2 is 2.14 bits per heavy atom. The summed E-state index contributed by atoms with van der Waals surface area (Å²) in [5, 5.41) is 10.6. The molecule has 0 bridgehead atoms. The Morgan fingerprint density at radius 1 is 1.50 bits per heavy atom. The normalized spacial score (nSPS) is 12.4. The number of aliphatic hydroxyl groups is 1. The van der Waals surface area contributed by atoms with E-state index in [1.54, 1.807) is 25.2 Å². The van der Waals surface area contributed by atoms with Gasteiger partial charge >= 0.3 is 0 Å². The highest BCUT2D eigenvalue weighted by atomic mass is 32.1. The van der Waals surface area contributed by atoms with E-state index >= 15 is 0 Å². The Morgan fingerprint density at radius 3 is 2.64 bits per heavy atom. The number of nitrogens with zero attached hydrogens (tertiary/aromatic N) is 2. The van der Waals surface area contributed by atoms with E-state index in [4.69, 9.17) is 0 Å². The molecule has 0 aromatic carbocycles. The third-order valence-electron chi connectivity index (χ3n) is 1.66. The van der Waals surface area contributed by atoms with Gasteiger partial charge in [-0.25, -0.2) is 4.98 Å². The molecule has 0 spiro atoms. The van der Waals surface area contributed by atoms with Crippen molar-refractivity contribution in [1.29, 1.82) is 0 Å². The second-order valence-corrected chi connectivity index (χ2v) is 5.65. The smallest absolute Gasteiger partial charge is 0.0956 e. The molecule has 1 heterocycles. The van der Waals surface area contributed by atoms with E-state index in [-0.39, 0.29) is 0 Å². The van der Waals surface area contributed by atoms with E-state index in [9.17, 15) is 5.11 Å². The molecule has 1 aromatic rings. The highest BCUT2D eigenvalue weighted by Crippen LogP contribution is 2.19. The Kier molecular flexibility index (Phi) is 3.64. The van der Waals surface area contributed by atoms with Gasteiger partial charge in [0.2, 0.25) is 0 Å². The highest BCUT2D eigenvalue weighted by Gasteiger charge is 2.15. The maximum absolute atomic E-state index is 9.62. The molecule has 1 aromatic heterocycles. The first kappa shape index (κ1) is 11.6. The lowest BCUT2D eigenvalue weighted by molar-refractivity contribution is 0.0809. The molecule has 14 heavy (non-hydrogen) atoms. The van der Waals surface area contributed by atoms with Crippen LogP contribution in [0.1, 0.15) is 23.7 Å². The van der Waals surface area contributed by atoms with Crippen molar-refractivity contribution in [2.45, 2.75) is 32.4 Å². The maximum atomic E-state index is 9.62. The number of hydrogen-bond acceptors (Lipinski definition) is 4. The molecule has 0 amide bonds. The van der Waals surface area contributed by atoms with Gasteiger partial charge < -0.3 is 10.0 Å². The van der Waals surface area contributed by atoms with Crippen LogP contribution in [-0.2, 0) is 13.0 Å². The van der Waals surface area contributed by atoms with Crippen LogP contribution in [0.15, 0.2) is 6.20 Å². The fourth-order valence-corrected chi connectivity index (χ4v) is 2.45. The highest BCUT2D eigenvalue weighted by molar-refractivity contribution is 7.11. The zero-order valence-electron chi connectivity index (χ0n) is 9.24. The van der Waals surface area contributed by atoms with Crippen molar-refractivity contribution in [2.24, 2.45) is 0 Å². The van der Waals surface area contributed by atoms with Crippen molar-refractivity contribution in [3.05, 3.63) is 16.1 Å². The molecule has 0 aliphatic heterocycles. The minimum Gasteiger partial charge on any atom is -0.390 e. The molecule has 3 nitrogen and oxygen atoms in total. The van der Waals surface area contributed by atoms with E-state index in [0.717, 1.165) is 11.6 Å². The van der Waals surface area contributed by atoms with Gasteiger partial charge in [0, 0.05) is 24.0 Å². The van der Waals surface area contributed by atoms with Crippen LogP contribution >= 0.6 is 11.3 Å². The molecule has 4 heteroatoms. The van der Waals surface area contributed by atoms with Crippen molar-refractivity contribution >= 4 is 11.3 Å². The van der Waals surface area contributed by atoms with E-state index in [1.165, 1.54) is 4.88 Å². The summed E-state index contributed by atoms with van der Waals surface area (Å²) in [7, 11) is 4.07. The fourth-order valence-electron chi connectivity index (χ4n) is 1.18. The van der Waals surface area contributed by atoms with Crippen LogP contribution in [0.2, 0.25) is 0 Å². The molecular weight excluding hydrogens is 196 g/mol. The summed E-state index contributed by atoms with van der Waals surface area (Å²) in [6.07, 6.45) is 2.52. The number of rotatable bonds is 4. The van der Waals surface area contributed by atoms with Crippen molar-refractivity contribution in [3.63, 3.8) is 0 Å². The third kappa shape index (κ3) is 4.17. The Labute approximate surface area is 89.4 Å². The number of aromatic nitrogens is 1. The minimum atomic E-state index is -0.659. The first-order valence-electron chi connectivity index (χ1n) is 4.67. The van der Waals surface area contributed by atoms with Crippen molar-refractivity contribution < 1.29 is 5.11 Å². The molecule has 0 unspecified atom stereocenters. The van der Waals surface area contributed by atoms with E-state index in [2.05, 4.69) is 9.88 Å². The quantitative estimate of drug-likeness (QED) is 0.825. The number of thiazole rings is 1. The van der Waals surface area contributed by atoms with Gasteiger partial charge in [-0.05, 0) is 27.9 Å². The molecule has 0 radical (unpaired) electrons. The predicted molar refractivity (Wildman–Crippen MR) is 59.5 cm³/mol. The summed E-state index contributed by atoms with van der Waals surface area (Å²) in [4.78, 5) is 7.64. The average Bonchev–Trinajstić information content (AvgIpc) is 2.30. The summed E-state index contributed by atoms with van der Waals surface area (Å²) < 4.78 is 0. The lowest BCUT2D eigenvalue weighted by Crippen LogP contribution is -2.21. The monoisotopic (exact) mass is 214 g/mol. The van der Waals surface area contributed by atoms with Gasteiger partial charge in [0.1, 0.15) is 0 Å². The molecule has 0 fully saturated rings. The van der Waals surface area contributed by atoms with Crippen LogP contribution in [0.4, 0.5) is 0 Å². The molecule has 0 saturated heterocycles. The lowest BCUT2D eigenvalue weighted by Gasteiger charge is -2.14. The Hall–Kier alpha value is -0.450. The van der Waals surface area contributed by atoms with Gasteiger partial charge in [0.25, 0.3) is 0 Å². The molecule has 1 rings (SSSR count). The molecule has 0 atom stereocenters. The van der Waals surface area contributed by atoms with E-state index < -0.39 is 5.60 Å². The van der Waals surface area contributed by atoms with Gasteiger partial charge in [0.05, 0.1) is 10.6 Å². The average molecular weight is 214 g/mol. The summed E-state index contributed by atoms with van der Waals surface area (Å²) in [6.45, 7) is 4.53. The second-order valence-electron chi connectivity index (χ2n) is 4.45. The predicted octanol–water partition coefficient (Wildman–Crippen LogP) is 1.52. The van der Waals surface area contributed by atoms with Crippen molar-refractivity contribution in [1.82, 2.24) is 9.88 Å². The standard InChI is InChI=1S/C10H18N2OS/c1-10(2,13)5-9-11-6-8(14-9)7-12(3)4/h6,13H,5,7H2,1-4H3. The van der Waals surface area contributed by atoms with Gasteiger partial charge in [-0.1, -0.05) is 0 Å². The fraction of sp³-hybridized carbons (Fsp3) is 0.700. The minimum absolute atomic E-state index is 0.630. The zero-order chi connectivity index (χ0) is 10.8. The first-order chi connectivity index (χ1) is 6.37. The van der Waals surface area contributed by atoms with Crippen molar-refractivity contribution in [3.8, 4) is 0 Å². The topological polar surface area (TPSA) is 36.4 Å². The summed E-state index contributed by atoms with van der Waals surface area (Å²) in [5.74, 6) is 0. The Bertz CT molecular complexity index is 289. The van der Waals surface area contributed by atoms with Crippen LogP contribution in [0.25, 0.3) is 0 Å². The van der Waals surface area contributed by atoms with Crippen LogP contribution in [0.5, 0.6) is 0 Å². The Balaban J connectivity index is 2.60. The summed E-state index contributed by atoms with van der Waals surface area (Å²) in [5.41, 5.74) is -0.659. The molecule has 0 aliphatic carbocycles. The molecular formula is C10H18N2OS. The van der Waals surface area contributed by atoms with Crippen molar-refractivity contribution in [2.75, 3.05) is 14.1 Å². The lowest BCUT2D eigenvalue weighted by atomic mass is 10.1. The largest absolute Gasteiger partial charge is 0.390 e. The molecule has 0 saturated carbocycles. The second kappa shape index (κ2) is 4.38. The van der Waals surface area contributed by atoms with Gasteiger partial charge in [-0.2, -0.15) is 0 Å². The van der Waals surface area contributed by atoms with E-state index in [0.29, 0.717) is 6.42 Å². The summed E-state index contributed by atoms with van der Waals surface area (Å²) >= 11 is 1.68. The summed E-state index contributed by atoms with van der Waals surface area (Å²) in [6, 6.07) is 0. The van der Waals surface area contributed by atoms with Gasteiger partial charge in [0.15, 0.2) is 0 Å². The van der Waals surface area contributed by atoms with Crippen LogP contribution in [-0.4, -0.2) is 34.7 Å². The van der Waals surface area contributed by atoms with Crippen LogP contribution < -0.4 is 0 Å². The molecule has 0 aliphatic rings. The zero-order valence-corrected chi connectivity index (χ0v) is 10.1.